The van der Waals surface area contributed by atoms with Crippen molar-refractivity contribution in [3.05, 3.63) is 35.7 Å². The molecule has 2 rings (SSSR count). The summed E-state index contributed by atoms with van der Waals surface area (Å²) in [6.45, 7) is 1.92. The highest BCUT2D eigenvalue weighted by atomic mass is 32.2. The van der Waals surface area contributed by atoms with E-state index in [2.05, 4.69) is 10.3 Å². The Morgan fingerprint density at radius 1 is 1.50 bits per heavy atom. The predicted molar refractivity (Wildman–Crippen MR) is 67.9 cm³/mol. The van der Waals surface area contributed by atoms with E-state index in [0.717, 1.165) is 29.6 Å². The Hall–Kier alpha value is -0.780. The third-order valence-electron chi connectivity index (χ3n) is 2.04. The summed E-state index contributed by atoms with van der Waals surface area (Å²) in [6.07, 6.45) is 6.49. The number of thioether (sulfide) groups is 1. The molecular weight excluding hydrogens is 240 g/mol. The SMILES string of the molecule is c1csc(SCCCNCc2ccoc2)n1. The Morgan fingerprint density at radius 3 is 3.25 bits per heavy atom. The third kappa shape index (κ3) is 4.00. The summed E-state index contributed by atoms with van der Waals surface area (Å²) in [6, 6.07) is 1.98. The Labute approximate surface area is 103 Å². The van der Waals surface area contributed by atoms with Crippen LogP contribution in [0.3, 0.4) is 0 Å². The van der Waals surface area contributed by atoms with E-state index in [1.165, 1.54) is 5.56 Å². The smallest absolute Gasteiger partial charge is 0.149 e. The van der Waals surface area contributed by atoms with Crippen molar-refractivity contribution in [2.45, 2.75) is 17.3 Å². The number of rotatable bonds is 7. The Bertz CT molecular complexity index is 334. The number of hydrogen-bond donors (Lipinski definition) is 1. The number of nitrogens with one attached hydrogen (secondary N) is 1. The van der Waals surface area contributed by atoms with Gasteiger partial charge in [-0.05, 0) is 19.0 Å². The zero-order valence-corrected chi connectivity index (χ0v) is 10.5. The average Bonchev–Trinajstić information content (AvgIpc) is 2.96. The molecule has 0 atom stereocenters. The lowest BCUT2D eigenvalue weighted by Gasteiger charge is -2.01. The van der Waals surface area contributed by atoms with Gasteiger partial charge in [-0.3, -0.25) is 0 Å². The molecular formula is C11H14N2OS2. The van der Waals surface area contributed by atoms with Crippen LogP contribution in [0.1, 0.15) is 12.0 Å². The topological polar surface area (TPSA) is 38.1 Å². The maximum Gasteiger partial charge on any atom is 0.149 e. The normalized spacial score (nSPS) is 10.8. The molecule has 2 aromatic rings. The standard InChI is InChI=1S/C11H14N2OS2/c1(6-15-11-13-4-7-16-11)3-12-8-10-2-5-14-9-10/h2,4-5,7,9,12H,1,3,6,8H2. The summed E-state index contributed by atoms with van der Waals surface area (Å²) in [5.41, 5.74) is 1.20. The average molecular weight is 254 g/mol. The predicted octanol–water partition coefficient (Wildman–Crippen LogP) is 3.01. The molecule has 0 amide bonds. The van der Waals surface area contributed by atoms with Crippen LogP contribution >= 0.6 is 23.1 Å². The molecule has 16 heavy (non-hydrogen) atoms. The minimum Gasteiger partial charge on any atom is -0.472 e. The van der Waals surface area contributed by atoms with Crippen LogP contribution in [0.5, 0.6) is 0 Å². The van der Waals surface area contributed by atoms with Crippen molar-refractivity contribution in [2.75, 3.05) is 12.3 Å². The van der Waals surface area contributed by atoms with Crippen LogP contribution in [0.25, 0.3) is 0 Å². The first-order valence-electron chi connectivity index (χ1n) is 5.19. The molecule has 2 heterocycles. The molecule has 0 bridgehead atoms. The molecule has 0 aliphatic heterocycles. The quantitative estimate of drug-likeness (QED) is 0.609. The Morgan fingerprint density at radius 2 is 2.50 bits per heavy atom. The minimum absolute atomic E-state index is 0.887. The molecule has 0 radical (unpaired) electrons. The van der Waals surface area contributed by atoms with E-state index in [1.807, 2.05) is 29.4 Å². The lowest BCUT2D eigenvalue weighted by molar-refractivity contribution is 0.560. The number of nitrogens with zero attached hydrogens (tertiary/aromatic N) is 1. The van der Waals surface area contributed by atoms with Crippen LogP contribution in [0.4, 0.5) is 0 Å². The van der Waals surface area contributed by atoms with E-state index < -0.39 is 0 Å². The van der Waals surface area contributed by atoms with E-state index in [4.69, 9.17) is 4.42 Å². The van der Waals surface area contributed by atoms with Crippen LogP contribution in [-0.4, -0.2) is 17.3 Å². The van der Waals surface area contributed by atoms with E-state index in [1.54, 1.807) is 23.9 Å². The van der Waals surface area contributed by atoms with Crippen molar-refractivity contribution >= 4 is 23.1 Å². The zero-order chi connectivity index (χ0) is 11.1. The van der Waals surface area contributed by atoms with Gasteiger partial charge in [0.25, 0.3) is 0 Å². The van der Waals surface area contributed by atoms with Gasteiger partial charge in [-0.25, -0.2) is 4.98 Å². The second-order valence-electron chi connectivity index (χ2n) is 3.31. The largest absolute Gasteiger partial charge is 0.472 e. The molecule has 0 spiro atoms. The van der Waals surface area contributed by atoms with Gasteiger partial charge in [-0.1, -0.05) is 11.8 Å². The summed E-state index contributed by atoms with van der Waals surface area (Å²) < 4.78 is 6.15. The van der Waals surface area contributed by atoms with Crippen LogP contribution < -0.4 is 5.32 Å². The molecule has 1 N–H and O–H groups in total. The Kier molecular flexibility index (Phi) is 4.92. The van der Waals surface area contributed by atoms with Gasteiger partial charge in [0.1, 0.15) is 4.34 Å². The first-order valence-corrected chi connectivity index (χ1v) is 7.06. The van der Waals surface area contributed by atoms with E-state index in [0.29, 0.717) is 0 Å². The van der Waals surface area contributed by atoms with Gasteiger partial charge in [-0.15, -0.1) is 11.3 Å². The van der Waals surface area contributed by atoms with Crippen molar-refractivity contribution in [3.63, 3.8) is 0 Å². The van der Waals surface area contributed by atoms with Gasteiger partial charge in [0.15, 0.2) is 0 Å². The highest BCUT2D eigenvalue weighted by Crippen LogP contribution is 2.20. The third-order valence-corrected chi connectivity index (χ3v) is 4.09. The highest BCUT2D eigenvalue weighted by molar-refractivity contribution is 8.00. The maximum atomic E-state index is 4.99. The fraction of sp³-hybridized carbons (Fsp3) is 0.364. The molecule has 3 nitrogen and oxygen atoms in total. The number of aromatic nitrogens is 1. The van der Waals surface area contributed by atoms with Crippen LogP contribution in [-0.2, 0) is 6.54 Å². The molecule has 86 valence electrons. The van der Waals surface area contributed by atoms with Crippen LogP contribution in [0.15, 0.2) is 38.9 Å². The summed E-state index contributed by atoms with van der Waals surface area (Å²) >= 11 is 3.53. The number of hydrogen-bond acceptors (Lipinski definition) is 5. The van der Waals surface area contributed by atoms with Crippen molar-refractivity contribution in [3.8, 4) is 0 Å². The Balaban J connectivity index is 1.49. The number of thiazole rings is 1. The molecule has 0 aliphatic rings. The molecule has 2 aromatic heterocycles. The molecule has 5 heteroatoms. The summed E-state index contributed by atoms with van der Waals surface area (Å²) in [4.78, 5) is 4.22. The fourth-order valence-electron chi connectivity index (χ4n) is 1.26. The second-order valence-corrected chi connectivity index (χ2v) is 5.55. The molecule has 0 unspecified atom stereocenters. The highest BCUT2D eigenvalue weighted by Gasteiger charge is 1.96. The van der Waals surface area contributed by atoms with Gasteiger partial charge in [0.2, 0.25) is 0 Å². The number of furan rings is 1. The minimum atomic E-state index is 0.887. The first-order chi connectivity index (χ1) is 7.95. The summed E-state index contributed by atoms with van der Waals surface area (Å²) in [5, 5.41) is 5.39. The molecule has 0 fully saturated rings. The zero-order valence-electron chi connectivity index (χ0n) is 8.89. The molecule has 0 aromatic carbocycles. The molecule has 0 saturated heterocycles. The fourth-order valence-corrected chi connectivity index (χ4v) is 2.91. The molecule has 0 saturated carbocycles. The van der Waals surface area contributed by atoms with Gasteiger partial charge < -0.3 is 9.73 Å². The van der Waals surface area contributed by atoms with Crippen LogP contribution in [0.2, 0.25) is 0 Å². The van der Waals surface area contributed by atoms with Gasteiger partial charge in [-0.2, -0.15) is 0 Å². The second kappa shape index (κ2) is 6.73. The van der Waals surface area contributed by atoms with Gasteiger partial charge >= 0.3 is 0 Å². The maximum absolute atomic E-state index is 4.99. The van der Waals surface area contributed by atoms with Gasteiger partial charge in [0.05, 0.1) is 12.5 Å². The lowest BCUT2D eigenvalue weighted by Crippen LogP contribution is -2.14. The summed E-state index contributed by atoms with van der Waals surface area (Å²) in [5.74, 6) is 1.12. The van der Waals surface area contributed by atoms with Crippen molar-refractivity contribution in [2.24, 2.45) is 0 Å². The van der Waals surface area contributed by atoms with E-state index in [-0.39, 0.29) is 0 Å². The van der Waals surface area contributed by atoms with Gasteiger partial charge in [0, 0.05) is 29.4 Å². The first kappa shape index (κ1) is 11.7. The van der Waals surface area contributed by atoms with E-state index in [9.17, 15) is 0 Å². The lowest BCUT2D eigenvalue weighted by atomic mass is 10.3. The van der Waals surface area contributed by atoms with Crippen molar-refractivity contribution < 1.29 is 4.42 Å². The molecule has 0 aliphatic carbocycles. The summed E-state index contributed by atoms with van der Waals surface area (Å²) in [7, 11) is 0. The van der Waals surface area contributed by atoms with Crippen LogP contribution in [0, 0.1) is 0 Å². The monoisotopic (exact) mass is 254 g/mol. The van der Waals surface area contributed by atoms with Crippen molar-refractivity contribution in [1.29, 1.82) is 0 Å². The van der Waals surface area contributed by atoms with Crippen molar-refractivity contribution in [1.82, 2.24) is 10.3 Å². The van der Waals surface area contributed by atoms with E-state index >= 15 is 0 Å².